The summed E-state index contributed by atoms with van der Waals surface area (Å²) in [4.78, 5) is 12.9. The molecule has 5 nitrogen and oxygen atoms in total. The summed E-state index contributed by atoms with van der Waals surface area (Å²) in [5.41, 5.74) is 0.961. The molecule has 0 radical (unpaired) electrons. The van der Waals surface area contributed by atoms with E-state index in [1.165, 1.54) is 4.90 Å². The number of carboxylic acid groups (broad SMARTS) is 1. The fourth-order valence-corrected chi connectivity index (χ4v) is 2.80. The van der Waals surface area contributed by atoms with Gasteiger partial charge in [0.1, 0.15) is 0 Å². The zero-order chi connectivity index (χ0) is 15.8. The summed E-state index contributed by atoms with van der Waals surface area (Å²) in [7, 11) is -0.321. The van der Waals surface area contributed by atoms with Crippen molar-refractivity contribution in [3.05, 3.63) is 11.5 Å². The predicted octanol–water partition coefficient (Wildman–Crippen LogP) is 2.81. The molecule has 0 aromatic rings. The van der Waals surface area contributed by atoms with Gasteiger partial charge in [-0.1, -0.05) is 40.7 Å². The Labute approximate surface area is 127 Å². The van der Waals surface area contributed by atoms with Gasteiger partial charge in [0, 0.05) is 25.2 Å². The molecule has 21 heavy (non-hydrogen) atoms. The van der Waals surface area contributed by atoms with Gasteiger partial charge in [-0.15, -0.1) is 0 Å². The summed E-state index contributed by atoms with van der Waals surface area (Å²) in [5.74, 6) is 0. The maximum atomic E-state index is 11.4. The van der Waals surface area contributed by atoms with E-state index in [0.717, 1.165) is 5.47 Å². The van der Waals surface area contributed by atoms with Crippen LogP contribution in [-0.4, -0.2) is 49.0 Å². The highest BCUT2D eigenvalue weighted by Crippen LogP contribution is 2.33. The van der Waals surface area contributed by atoms with E-state index in [1.54, 1.807) is 0 Å². The summed E-state index contributed by atoms with van der Waals surface area (Å²) in [6, 6.07) is -0.152. The molecular weight excluding hydrogens is 269 g/mol. The fraction of sp³-hybridized carbons (Fsp3) is 0.800. The van der Waals surface area contributed by atoms with Gasteiger partial charge in [-0.2, -0.15) is 0 Å². The van der Waals surface area contributed by atoms with Crippen molar-refractivity contribution in [3.8, 4) is 0 Å². The Morgan fingerprint density at radius 3 is 2.43 bits per heavy atom. The first-order valence-corrected chi connectivity index (χ1v) is 7.53. The summed E-state index contributed by atoms with van der Waals surface area (Å²) >= 11 is 0. The number of rotatable bonds is 1. The van der Waals surface area contributed by atoms with Crippen LogP contribution in [0.1, 0.15) is 41.0 Å². The third-order valence-electron chi connectivity index (χ3n) is 4.04. The first-order chi connectivity index (χ1) is 9.60. The molecule has 0 bridgehead atoms. The van der Waals surface area contributed by atoms with Crippen LogP contribution in [0.2, 0.25) is 0 Å². The molecule has 0 saturated carbocycles. The van der Waals surface area contributed by atoms with Gasteiger partial charge in [-0.05, 0) is 17.3 Å². The third kappa shape index (κ3) is 3.80. The summed E-state index contributed by atoms with van der Waals surface area (Å²) < 4.78 is 11.7. The molecule has 0 aromatic carbocycles. The molecule has 1 fully saturated rings. The summed E-state index contributed by atoms with van der Waals surface area (Å²) in [6.45, 7) is 12.2. The van der Waals surface area contributed by atoms with Crippen molar-refractivity contribution in [2.45, 2.75) is 47.1 Å². The first-order valence-electron chi connectivity index (χ1n) is 7.53. The maximum absolute atomic E-state index is 11.4. The van der Waals surface area contributed by atoms with Crippen LogP contribution in [0.15, 0.2) is 11.5 Å². The van der Waals surface area contributed by atoms with E-state index in [1.807, 2.05) is 6.08 Å². The molecule has 2 aliphatic rings. The highest BCUT2D eigenvalue weighted by Gasteiger charge is 2.40. The van der Waals surface area contributed by atoms with Gasteiger partial charge < -0.3 is 19.3 Å². The Morgan fingerprint density at radius 2 is 1.95 bits per heavy atom. The second-order valence-corrected chi connectivity index (χ2v) is 7.90. The van der Waals surface area contributed by atoms with E-state index < -0.39 is 6.09 Å². The largest absolute Gasteiger partial charge is 0.489 e. The van der Waals surface area contributed by atoms with Gasteiger partial charge in [0.15, 0.2) is 0 Å². The molecule has 2 rings (SSSR count). The molecule has 1 atom stereocenters. The SMILES string of the molecule is CC1(C)COB(C2=CC(C(C)(C)C)N(C(=O)O)CC2)OC1. The van der Waals surface area contributed by atoms with E-state index in [9.17, 15) is 9.90 Å². The molecular formula is C15H26BNO4. The van der Waals surface area contributed by atoms with E-state index >= 15 is 0 Å². The minimum atomic E-state index is -0.864. The quantitative estimate of drug-likeness (QED) is 0.756. The van der Waals surface area contributed by atoms with Crippen LogP contribution in [0, 0.1) is 10.8 Å². The molecule has 1 saturated heterocycles. The van der Waals surface area contributed by atoms with E-state index in [0.29, 0.717) is 26.2 Å². The zero-order valence-electron chi connectivity index (χ0n) is 13.7. The van der Waals surface area contributed by atoms with Crippen molar-refractivity contribution in [3.63, 3.8) is 0 Å². The maximum Gasteiger partial charge on any atom is 0.489 e. The van der Waals surface area contributed by atoms with Crippen molar-refractivity contribution in [2.24, 2.45) is 10.8 Å². The predicted molar refractivity (Wildman–Crippen MR) is 82.1 cm³/mol. The number of carbonyl (C=O) groups is 1. The Kier molecular flexibility index (Phi) is 4.40. The van der Waals surface area contributed by atoms with Gasteiger partial charge in [-0.3, -0.25) is 0 Å². The van der Waals surface area contributed by atoms with Gasteiger partial charge in [0.25, 0.3) is 0 Å². The highest BCUT2D eigenvalue weighted by molar-refractivity contribution is 6.53. The van der Waals surface area contributed by atoms with Gasteiger partial charge in [-0.25, -0.2) is 4.79 Å². The van der Waals surface area contributed by atoms with E-state index in [4.69, 9.17) is 9.31 Å². The smallest absolute Gasteiger partial charge is 0.465 e. The molecule has 1 amide bonds. The van der Waals surface area contributed by atoms with Crippen LogP contribution in [-0.2, 0) is 9.31 Å². The lowest BCUT2D eigenvalue weighted by molar-refractivity contribution is 0.0304. The minimum Gasteiger partial charge on any atom is -0.465 e. The fourth-order valence-electron chi connectivity index (χ4n) is 2.80. The van der Waals surface area contributed by atoms with E-state index in [-0.39, 0.29) is 24.0 Å². The topological polar surface area (TPSA) is 59.0 Å². The van der Waals surface area contributed by atoms with Crippen molar-refractivity contribution in [1.29, 1.82) is 0 Å². The summed E-state index contributed by atoms with van der Waals surface area (Å²) in [6.07, 6.45) is 1.83. The van der Waals surface area contributed by atoms with Crippen molar-refractivity contribution >= 4 is 13.2 Å². The van der Waals surface area contributed by atoms with Gasteiger partial charge >= 0.3 is 13.2 Å². The Bertz CT molecular complexity index is 431. The van der Waals surface area contributed by atoms with Crippen LogP contribution in [0.3, 0.4) is 0 Å². The minimum absolute atomic E-state index is 0.0439. The summed E-state index contributed by atoms with van der Waals surface area (Å²) in [5, 5.41) is 9.37. The van der Waals surface area contributed by atoms with Crippen molar-refractivity contribution in [2.75, 3.05) is 19.8 Å². The second-order valence-electron chi connectivity index (χ2n) is 7.90. The normalized spacial score (nSPS) is 26.5. The molecule has 0 aliphatic carbocycles. The van der Waals surface area contributed by atoms with E-state index in [2.05, 4.69) is 34.6 Å². The Hall–Kier alpha value is -1.01. The first kappa shape index (κ1) is 16.4. The third-order valence-corrected chi connectivity index (χ3v) is 4.04. The molecule has 0 aromatic heterocycles. The number of hydrogen-bond acceptors (Lipinski definition) is 3. The van der Waals surface area contributed by atoms with Crippen LogP contribution in [0.5, 0.6) is 0 Å². The molecule has 118 valence electrons. The number of nitrogens with zero attached hydrogens (tertiary/aromatic N) is 1. The molecule has 0 spiro atoms. The monoisotopic (exact) mass is 295 g/mol. The average molecular weight is 295 g/mol. The lowest BCUT2D eigenvalue weighted by atomic mass is 9.69. The van der Waals surface area contributed by atoms with Crippen LogP contribution in [0.25, 0.3) is 0 Å². The van der Waals surface area contributed by atoms with Crippen LogP contribution >= 0.6 is 0 Å². The average Bonchev–Trinajstić information content (AvgIpc) is 2.37. The molecule has 2 heterocycles. The Morgan fingerprint density at radius 1 is 1.38 bits per heavy atom. The lowest BCUT2D eigenvalue weighted by Crippen LogP contribution is -2.51. The molecule has 1 N–H and O–H groups in total. The number of amides is 1. The second kappa shape index (κ2) is 5.65. The van der Waals surface area contributed by atoms with Gasteiger partial charge in [0.05, 0.1) is 6.04 Å². The van der Waals surface area contributed by atoms with Crippen LogP contribution in [0.4, 0.5) is 4.79 Å². The highest BCUT2D eigenvalue weighted by atomic mass is 16.6. The van der Waals surface area contributed by atoms with Gasteiger partial charge in [0.2, 0.25) is 0 Å². The van der Waals surface area contributed by atoms with Crippen molar-refractivity contribution < 1.29 is 19.2 Å². The molecule has 1 unspecified atom stereocenters. The standard InChI is InChI=1S/C15H26BNO4/c1-14(2,3)12-8-11(6-7-17(12)13(18)19)16-20-9-15(4,5)10-21-16/h8,12H,6-7,9-10H2,1-5H3,(H,18,19). The molecule has 6 heteroatoms. The zero-order valence-corrected chi connectivity index (χ0v) is 13.7. The number of hydrogen-bond donors (Lipinski definition) is 1. The van der Waals surface area contributed by atoms with Crippen molar-refractivity contribution in [1.82, 2.24) is 4.90 Å². The molecule has 2 aliphatic heterocycles. The van der Waals surface area contributed by atoms with Crippen LogP contribution < -0.4 is 0 Å². The lowest BCUT2D eigenvalue weighted by Gasteiger charge is -2.42. The Balaban J connectivity index is 2.16.